The van der Waals surface area contributed by atoms with Gasteiger partial charge in [0.1, 0.15) is 5.75 Å². The van der Waals surface area contributed by atoms with Crippen LogP contribution >= 0.6 is 11.8 Å². The van der Waals surface area contributed by atoms with Crippen LogP contribution < -0.4 is 4.74 Å². The Labute approximate surface area is 216 Å². The van der Waals surface area contributed by atoms with Crippen LogP contribution in [0, 0.1) is 11.8 Å². The zero-order valence-corrected chi connectivity index (χ0v) is 21.6. The zero-order chi connectivity index (χ0) is 25.3. The molecule has 1 aliphatic rings. The molecule has 0 saturated carbocycles. The minimum atomic E-state index is -0.741. The van der Waals surface area contributed by atoms with E-state index in [2.05, 4.69) is 20.9 Å². The number of thioether (sulfide) groups is 1. The van der Waals surface area contributed by atoms with Gasteiger partial charge >= 0.3 is 5.97 Å². The highest BCUT2D eigenvalue weighted by atomic mass is 32.2. The molecule has 0 amide bonds. The number of aliphatic hydroxyl groups excluding tert-OH is 1. The van der Waals surface area contributed by atoms with Gasteiger partial charge in [-0.3, -0.25) is 14.8 Å². The normalized spacial score (nSPS) is 19.3. The van der Waals surface area contributed by atoms with Gasteiger partial charge in [-0.25, -0.2) is 0 Å². The summed E-state index contributed by atoms with van der Waals surface area (Å²) in [7, 11) is 1.63. The van der Waals surface area contributed by atoms with Crippen molar-refractivity contribution < 1.29 is 19.7 Å². The van der Waals surface area contributed by atoms with E-state index in [-0.39, 0.29) is 6.42 Å². The predicted molar refractivity (Wildman–Crippen MR) is 142 cm³/mol. The molecule has 0 spiro atoms. The second kappa shape index (κ2) is 13.0. The van der Waals surface area contributed by atoms with Crippen LogP contribution in [0.5, 0.6) is 5.75 Å². The summed E-state index contributed by atoms with van der Waals surface area (Å²) in [5.74, 6) is 1.71. The Kier molecular flexibility index (Phi) is 9.55. The number of carboxylic acid groups (broad SMARTS) is 1. The van der Waals surface area contributed by atoms with Gasteiger partial charge in [0.25, 0.3) is 0 Å². The number of aliphatic hydroxyl groups is 1. The van der Waals surface area contributed by atoms with Crippen LogP contribution in [0.3, 0.4) is 0 Å². The number of fused-ring (bicyclic) bond motifs is 1. The second-order valence-electron chi connectivity index (χ2n) is 9.46. The Hall–Kier alpha value is -2.68. The number of benzene rings is 1. The van der Waals surface area contributed by atoms with E-state index in [4.69, 9.17) is 4.74 Å². The lowest BCUT2D eigenvalue weighted by Crippen LogP contribution is -2.41. The fraction of sp³-hybridized carbons (Fsp3) is 0.464. The maximum Gasteiger partial charge on any atom is 0.303 e. The summed E-state index contributed by atoms with van der Waals surface area (Å²) >= 11 is 1.80. The number of ether oxygens (including phenoxy) is 1. The van der Waals surface area contributed by atoms with Gasteiger partial charge in [0.05, 0.1) is 18.7 Å². The molecule has 0 aliphatic carbocycles. The molecule has 192 valence electrons. The fourth-order valence-corrected chi connectivity index (χ4v) is 6.09. The summed E-state index contributed by atoms with van der Waals surface area (Å²) in [6.45, 7) is 2.90. The monoisotopic (exact) mass is 509 g/mol. The van der Waals surface area contributed by atoms with E-state index in [1.54, 1.807) is 31.3 Å². The maximum atomic E-state index is 11.3. The molecule has 3 atom stereocenters. The number of aliphatic carboxylic acids is 1. The van der Waals surface area contributed by atoms with Crippen LogP contribution in [-0.2, 0) is 4.79 Å². The summed E-state index contributed by atoms with van der Waals surface area (Å²) in [5, 5.41) is 21.3. The van der Waals surface area contributed by atoms with Gasteiger partial charge in [0.15, 0.2) is 0 Å². The molecule has 1 aromatic carbocycles. The number of hydrogen-bond donors (Lipinski definition) is 2. The molecule has 4 rings (SSSR count). The van der Waals surface area contributed by atoms with Crippen molar-refractivity contribution in [1.29, 1.82) is 0 Å². The van der Waals surface area contributed by atoms with Crippen LogP contribution in [0.4, 0.5) is 0 Å². The minimum Gasteiger partial charge on any atom is -0.497 e. The van der Waals surface area contributed by atoms with Crippen molar-refractivity contribution in [3.05, 3.63) is 60.6 Å². The molecule has 3 aromatic rings. The van der Waals surface area contributed by atoms with E-state index >= 15 is 0 Å². The predicted octanol–water partition coefficient (Wildman–Crippen LogP) is 5.05. The van der Waals surface area contributed by atoms with Crippen molar-refractivity contribution in [3.63, 3.8) is 0 Å². The van der Waals surface area contributed by atoms with Gasteiger partial charge in [0.2, 0.25) is 0 Å². The zero-order valence-electron chi connectivity index (χ0n) is 20.8. The molecule has 1 fully saturated rings. The van der Waals surface area contributed by atoms with E-state index in [0.29, 0.717) is 24.7 Å². The van der Waals surface area contributed by atoms with E-state index in [1.807, 2.05) is 36.5 Å². The third kappa shape index (κ3) is 7.18. The average Bonchev–Trinajstić information content (AvgIpc) is 2.91. The van der Waals surface area contributed by atoms with E-state index < -0.39 is 12.1 Å². The Bertz CT molecular complexity index is 1130. The molecule has 7 nitrogen and oxygen atoms in total. The first kappa shape index (κ1) is 26.4. The van der Waals surface area contributed by atoms with Gasteiger partial charge in [0, 0.05) is 54.1 Å². The molecule has 2 aromatic heterocycles. The number of carbonyl (C=O) groups is 1. The van der Waals surface area contributed by atoms with Gasteiger partial charge in [-0.05, 0) is 86.0 Å². The molecule has 36 heavy (non-hydrogen) atoms. The Morgan fingerprint density at radius 1 is 1.22 bits per heavy atom. The number of nitrogens with zero attached hydrogens (tertiary/aromatic N) is 3. The third-order valence-corrected chi connectivity index (χ3v) is 8.13. The summed E-state index contributed by atoms with van der Waals surface area (Å²) in [6.07, 6.45) is 8.22. The van der Waals surface area contributed by atoms with Gasteiger partial charge in [-0.1, -0.05) is 0 Å². The first-order valence-corrected chi connectivity index (χ1v) is 13.6. The summed E-state index contributed by atoms with van der Waals surface area (Å²) in [6, 6.07) is 11.6. The number of likely N-dealkylation sites (tertiary alicyclic amines) is 1. The first-order chi connectivity index (χ1) is 17.5. The largest absolute Gasteiger partial charge is 0.497 e. The van der Waals surface area contributed by atoms with Crippen molar-refractivity contribution in [2.24, 2.45) is 11.8 Å². The molecule has 2 N–H and O–H groups in total. The average molecular weight is 510 g/mol. The highest BCUT2D eigenvalue weighted by Crippen LogP contribution is 2.35. The fourth-order valence-electron chi connectivity index (χ4n) is 5.19. The van der Waals surface area contributed by atoms with Crippen molar-refractivity contribution in [1.82, 2.24) is 14.9 Å². The number of methoxy groups -OCH3 is 1. The second-order valence-corrected chi connectivity index (χ2v) is 10.6. The Balaban J connectivity index is 1.35. The molecular weight excluding hydrogens is 474 g/mol. The van der Waals surface area contributed by atoms with Gasteiger partial charge < -0.3 is 19.8 Å². The third-order valence-electron chi connectivity index (χ3n) is 7.17. The van der Waals surface area contributed by atoms with E-state index in [0.717, 1.165) is 60.4 Å². The first-order valence-electron chi connectivity index (χ1n) is 12.6. The van der Waals surface area contributed by atoms with Crippen LogP contribution in [0.15, 0.2) is 59.9 Å². The smallest absolute Gasteiger partial charge is 0.303 e. The number of pyridine rings is 2. The number of hydrogen-bond acceptors (Lipinski definition) is 7. The number of aromatic nitrogens is 2. The maximum absolute atomic E-state index is 11.3. The summed E-state index contributed by atoms with van der Waals surface area (Å²) < 4.78 is 5.37. The topological polar surface area (TPSA) is 95.8 Å². The van der Waals surface area contributed by atoms with Crippen molar-refractivity contribution >= 4 is 28.6 Å². The van der Waals surface area contributed by atoms with Gasteiger partial charge in [-0.15, -0.1) is 11.8 Å². The van der Waals surface area contributed by atoms with Crippen LogP contribution in [0.1, 0.15) is 43.8 Å². The van der Waals surface area contributed by atoms with E-state index in [9.17, 15) is 15.0 Å². The SMILES string of the molecule is COc1ccc2nccc(C(O)CC[C@@H]3CCN(CCSc4cccnc4)C[C@@H]3CCC(=O)O)c2c1. The Morgan fingerprint density at radius 3 is 2.89 bits per heavy atom. The summed E-state index contributed by atoms with van der Waals surface area (Å²) in [4.78, 5) is 23.5. The molecule has 0 bridgehead atoms. The molecule has 1 unspecified atom stereocenters. The van der Waals surface area contributed by atoms with Gasteiger partial charge in [-0.2, -0.15) is 0 Å². The van der Waals surface area contributed by atoms with E-state index in [1.165, 1.54) is 4.90 Å². The number of rotatable bonds is 12. The van der Waals surface area contributed by atoms with Crippen LogP contribution in [-0.4, -0.2) is 63.5 Å². The van der Waals surface area contributed by atoms with Crippen molar-refractivity contribution in [2.45, 2.75) is 43.1 Å². The van der Waals surface area contributed by atoms with Crippen LogP contribution in [0.25, 0.3) is 10.9 Å². The molecule has 3 heterocycles. The lowest BCUT2D eigenvalue weighted by molar-refractivity contribution is -0.137. The highest BCUT2D eigenvalue weighted by molar-refractivity contribution is 7.99. The quantitative estimate of drug-likeness (QED) is 0.328. The van der Waals surface area contributed by atoms with Crippen LogP contribution in [0.2, 0.25) is 0 Å². The standard InChI is InChI=1S/C28H35N3O4S/c1-35-22-6-7-26-25(17-22)24(10-13-30-26)27(32)8-4-20-11-14-31(19-21(20)5-9-28(33)34)15-16-36-23-3-2-12-29-18-23/h2-3,6-7,10,12-13,17-18,20-21,27,32H,4-5,8-9,11,14-16,19H2,1H3,(H,33,34)/t20-,21+,27?/m1/s1. The van der Waals surface area contributed by atoms with Crippen molar-refractivity contribution in [2.75, 3.05) is 32.5 Å². The lowest BCUT2D eigenvalue weighted by Gasteiger charge is -2.39. The Morgan fingerprint density at radius 2 is 2.11 bits per heavy atom. The molecule has 1 aliphatic heterocycles. The molecule has 1 saturated heterocycles. The number of piperidine rings is 1. The highest BCUT2D eigenvalue weighted by Gasteiger charge is 2.30. The molecule has 0 radical (unpaired) electrons. The van der Waals surface area contributed by atoms with Crippen molar-refractivity contribution in [3.8, 4) is 5.75 Å². The molecule has 8 heteroatoms. The minimum absolute atomic E-state index is 0.191. The lowest BCUT2D eigenvalue weighted by atomic mass is 9.79. The molecular formula is C28H35N3O4S. The number of carboxylic acids is 1. The summed E-state index contributed by atoms with van der Waals surface area (Å²) in [5.41, 5.74) is 1.70.